The number of benzene rings is 2. The fourth-order valence-corrected chi connectivity index (χ4v) is 5.90. The summed E-state index contributed by atoms with van der Waals surface area (Å²) in [5.74, 6) is 0.785. The number of rotatable bonds is 5. The van der Waals surface area contributed by atoms with Gasteiger partial charge in [0.15, 0.2) is 5.82 Å². The lowest BCUT2D eigenvalue weighted by molar-refractivity contribution is 0.187. The molecule has 1 aliphatic carbocycles. The lowest BCUT2D eigenvalue weighted by atomic mass is 9.94. The second-order valence-electron chi connectivity index (χ2n) is 9.99. The van der Waals surface area contributed by atoms with Crippen molar-refractivity contribution in [3.63, 3.8) is 0 Å². The van der Waals surface area contributed by atoms with Crippen LogP contribution in [-0.4, -0.2) is 36.6 Å². The van der Waals surface area contributed by atoms with Crippen molar-refractivity contribution >= 4 is 10.9 Å². The maximum Gasteiger partial charge on any atom is 0.253 e. The molecule has 35 heavy (non-hydrogen) atoms. The van der Waals surface area contributed by atoms with Gasteiger partial charge in [0, 0.05) is 24.2 Å². The number of aromatic nitrogens is 5. The summed E-state index contributed by atoms with van der Waals surface area (Å²) in [7, 11) is 0. The molecule has 1 atom stereocenters. The molecule has 2 aromatic heterocycles. The number of aryl methyl sites for hydroxylation is 1. The van der Waals surface area contributed by atoms with Gasteiger partial charge in [0.05, 0.1) is 6.04 Å². The molecule has 4 aromatic rings. The van der Waals surface area contributed by atoms with Gasteiger partial charge in [0.2, 0.25) is 0 Å². The number of nitrogens with one attached hydrogen (secondary N) is 1. The van der Waals surface area contributed by atoms with E-state index < -0.39 is 0 Å². The molecule has 1 aliphatic heterocycles. The van der Waals surface area contributed by atoms with Crippen molar-refractivity contribution in [2.45, 2.75) is 70.5 Å². The normalized spacial score (nSPS) is 18.0. The van der Waals surface area contributed by atoms with Crippen LogP contribution >= 0.6 is 0 Å². The summed E-state index contributed by atoms with van der Waals surface area (Å²) in [6, 6.07) is 16.9. The van der Waals surface area contributed by atoms with E-state index in [1.165, 1.54) is 36.0 Å². The quantitative estimate of drug-likeness (QED) is 0.458. The van der Waals surface area contributed by atoms with Crippen LogP contribution in [0.1, 0.15) is 79.2 Å². The Labute approximate surface area is 205 Å². The van der Waals surface area contributed by atoms with Crippen molar-refractivity contribution in [2.24, 2.45) is 0 Å². The van der Waals surface area contributed by atoms with Crippen LogP contribution in [0.15, 0.2) is 53.3 Å². The van der Waals surface area contributed by atoms with E-state index in [-0.39, 0.29) is 11.6 Å². The third kappa shape index (κ3) is 4.18. The number of pyridine rings is 1. The molecule has 0 saturated heterocycles. The molecule has 7 heteroatoms. The van der Waals surface area contributed by atoms with Crippen molar-refractivity contribution in [3.8, 4) is 0 Å². The number of nitrogens with zero attached hydrogens (tertiary/aromatic N) is 5. The molecule has 180 valence electrons. The molecular weight excluding hydrogens is 436 g/mol. The first kappa shape index (κ1) is 22.2. The summed E-state index contributed by atoms with van der Waals surface area (Å²) in [6.45, 7) is 3.77. The highest BCUT2D eigenvalue weighted by atomic mass is 16.1. The molecule has 0 unspecified atom stereocenters. The first-order chi connectivity index (χ1) is 17.2. The molecule has 2 aliphatic rings. The average Bonchev–Trinajstić information content (AvgIpc) is 3.39. The van der Waals surface area contributed by atoms with Gasteiger partial charge in [-0.25, -0.2) is 4.68 Å². The summed E-state index contributed by atoms with van der Waals surface area (Å²) < 4.78 is 2.02. The fraction of sp³-hybridized carbons (Fsp3) is 0.429. The third-order valence-corrected chi connectivity index (χ3v) is 7.85. The van der Waals surface area contributed by atoms with E-state index >= 15 is 0 Å². The van der Waals surface area contributed by atoms with E-state index in [0.29, 0.717) is 6.04 Å². The molecule has 6 rings (SSSR count). The molecule has 1 saturated carbocycles. The number of hydrogen-bond acceptors (Lipinski definition) is 5. The maximum atomic E-state index is 13.5. The van der Waals surface area contributed by atoms with Gasteiger partial charge >= 0.3 is 0 Å². The highest BCUT2D eigenvalue weighted by Gasteiger charge is 2.34. The number of H-pyrrole nitrogens is 1. The lowest BCUT2D eigenvalue weighted by Crippen LogP contribution is -2.39. The second-order valence-corrected chi connectivity index (χ2v) is 9.99. The van der Waals surface area contributed by atoms with Crippen molar-refractivity contribution in [1.29, 1.82) is 0 Å². The van der Waals surface area contributed by atoms with Gasteiger partial charge in [-0.15, -0.1) is 5.10 Å². The Morgan fingerprint density at radius 3 is 2.71 bits per heavy atom. The zero-order chi connectivity index (χ0) is 23.8. The fourth-order valence-electron chi connectivity index (χ4n) is 5.90. The minimum absolute atomic E-state index is 0.0659. The summed E-state index contributed by atoms with van der Waals surface area (Å²) >= 11 is 0. The Hall–Kier alpha value is -3.32. The Morgan fingerprint density at radius 2 is 1.89 bits per heavy atom. The topological polar surface area (TPSA) is 79.7 Å². The molecule has 1 fully saturated rings. The minimum Gasteiger partial charge on any atom is -0.322 e. The van der Waals surface area contributed by atoms with Crippen molar-refractivity contribution in [3.05, 3.63) is 87.0 Å². The summed E-state index contributed by atoms with van der Waals surface area (Å²) in [6.07, 6.45) is 7.73. The van der Waals surface area contributed by atoms with Crippen LogP contribution in [0, 0.1) is 0 Å². The van der Waals surface area contributed by atoms with Gasteiger partial charge in [-0.2, -0.15) is 0 Å². The Balaban J connectivity index is 1.49. The van der Waals surface area contributed by atoms with E-state index in [1.807, 2.05) is 10.7 Å². The van der Waals surface area contributed by atoms with Crippen LogP contribution in [0.5, 0.6) is 0 Å². The van der Waals surface area contributed by atoms with E-state index in [4.69, 9.17) is 0 Å². The van der Waals surface area contributed by atoms with E-state index in [2.05, 4.69) is 74.8 Å². The van der Waals surface area contributed by atoms with Gasteiger partial charge < -0.3 is 4.98 Å². The highest BCUT2D eigenvalue weighted by molar-refractivity contribution is 5.80. The maximum absolute atomic E-state index is 13.5. The first-order valence-electron chi connectivity index (χ1n) is 13.0. The van der Waals surface area contributed by atoms with Gasteiger partial charge in [-0.05, 0) is 76.4 Å². The number of hydrogen-bond donors (Lipinski definition) is 1. The minimum atomic E-state index is -0.307. The van der Waals surface area contributed by atoms with Crippen LogP contribution in [0.2, 0.25) is 0 Å². The van der Waals surface area contributed by atoms with Gasteiger partial charge in [0.25, 0.3) is 5.56 Å². The molecule has 2 aromatic carbocycles. The molecular formula is C28H32N6O. The molecule has 3 heterocycles. The largest absolute Gasteiger partial charge is 0.322 e. The molecule has 0 radical (unpaired) electrons. The SMILES string of the molecule is CCc1ccc2[nH]c(=O)c([C@H](c3nnnn3C3CCCCC3)N3CCc4ccccc4C3)cc2c1. The van der Waals surface area contributed by atoms with Crippen LogP contribution in [0.25, 0.3) is 10.9 Å². The van der Waals surface area contributed by atoms with Gasteiger partial charge in [0.1, 0.15) is 6.04 Å². The zero-order valence-corrected chi connectivity index (χ0v) is 20.3. The predicted molar refractivity (Wildman–Crippen MR) is 136 cm³/mol. The number of fused-ring (bicyclic) bond motifs is 2. The number of tetrazole rings is 1. The average molecular weight is 469 g/mol. The molecule has 0 amide bonds. The third-order valence-electron chi connectivity index (χ3n) is 7.85. The predicted octanol–water partition coefficient (Wildman–Crippen LogP) is 4.73. The number of aromatic amines is 1. The van der Waals surface area contributed by atoms with E-state index in [0.717, 1.165) is 61.1 Å². The van der Waals surface area contributed by atoms with Gasteiger partial charge in [-0.3, -0.25) is 9.69 Å². The first-order valence-corrected chi connectivity index (χ1v) is 13.0. The van der Waals surface area contributed by atoms with Crippen LogP contribution in [-0.2, 0) is 19.4 Å². The molecule has 1 N–H and O–H groups in total. The second kappa shape index (κ2) is 9.38. The van der Waals surface area contributed by atoms with Crippen molar-refractivity contribution < 1.29 is 0 Å². The van der Waals surface area contributed by atoms with E-state index in [9.17, 15) is 4.79 Å². The summed E-state index contributed by atoms with van der Waals surface area (Å²) in [4.78, 5) is 19.1. The Morgan fingerprint density at radius 1 is 1.06 bits per heavy atom. The smallest absolute Gasteiger partial charge is 0.253 e. The summed E-state index contributed by atoms with van der Waals surface area (Å²) in [5.41, 5.74) is 5.47. The zero-order valence-electron chi connectivity index (χ0n) is 20.3. The van der Waals surface area contributed by atoms with E-state index in [1.54, 1.807) is 0 Å². The van der Waals surface area contributed by atoms with Crippen LogP contribution < -0.4 is 5.56 Å². The molecule has 0 spiro atoms. The van der Waals surface area contributed by atoms with Gasteiger partial charge in [-0.1, -0.05) is 56.5 Å². The van der Waals surface area contributed by atoms with Crippen LogP contribution in [0.3, 0.4) is 0 Å². The summed E-state index contributed by atoms with van der Waals surface area (Å²) in [5, 5.41) is 14.2. The molecule has 0 bridgehead atoms. The Bertz CT molecular complexity index is 1400. The van der Waals surface area contributed by atoms with Crippen molar-refractivity contribution in [1.82, 2.24) is 30.1 Å². The van der Waals surface area contributed by atoms with Crippen LogP contribution in [0.4, 0.5) is 0 Å². The standard InChI is InChI=1S/C28H32N6O/c1-2-19-12-13-25-22(16-19)17-24(28(35)29-25)26(33-15-14-20-8-6-7-9-21(20)18-33)27-30-31-32-34(27)23-10-4-3-5-11-23/h6-9,12-13,16-17,23,26H,2-5,10-11,14-15,18H2,1H3,(H,29,35)/t26-/m1/s1. The van der Waals surface area contributed by atoms with Crippen molar-refractivity contribution in [2.75, 3.05) is 6.54 Å². The monoisotopic (exact) mass is 468 g/mol. The molecule has 7 nitrogen and oxygen atoms in total. The Kier molecular flexibility index (Phi) is 5.94. The highest BCUT2D eigenvalue weighted by Crippen LogP contribution is 2.35. The lowest BCUT2D eigenvalue weighted by Gasteiger charge is -2.35.